The van der Waals surface area contributed by atoms with Crippen molar-refractivity contribution in [3.05, 3.63) is 65.0 Å². The topological polar surface area (TPSA) is 43.6 Å². The molecule has 4 nitrogen and oxygen atoms in total. The molecule has 118 valence electrons. The predicted molar refractivity (Wildman–Crippen MR) is 89.3 cm³/mol. The lowest BCUT2D eigenvalue weighted by Crippen LogP contribution is -2.02. The number of hydrogen-bond acceptors (Lipinski definition) is 4. The largest absolute Gasteiger partial charge is 0.214 e. The number of aromatic nitrogens is 4. The molecule has 0 saturated heterocycles. The van der Waals surface area contributed by atoms with Gasteiger partial charge in [0.25, 0.3) is 0 Å². The molecule has 1 aromatic heterocycles. The quantitative estimate of drug-likeness (QED) is 0.671. The van der Waals surface area contributed by atoms with Gasteiger partial charge in [-0.2, -0.15) is 4.68 Å². The van der Waals surface area contributed by atoms with Gasteiger partial charge in [0.15, 0.2) is 0 Å². The second-order valence-electron chi connectivity index (χ2n) is 5.47. The van der Waals surface area contributed by atoms with Crippen molar-refractivity contribution < 1.29 is 4.39 Å². The first-order valence-electron chi connectivity index (χ1n) is 7.33. The van der Waals surface area contributed by atoms with Crippen LogP contribution in [0.4, 0.5) is 4.39 Å². The number of benzene rings is 2. The minimum absolute atomic E-state index is 0.117. The molecule has 0 aliphatic carbocycles. The smallest absolute Gasteiger partial charge is 0.207 e. The van der Waals surface area contributed by atoms with E-state index < -0.39 is 0 Å². The highest BCUT2D eigenvalue weighted by Crippen LogP contribution is 2.34. The minimum atomic E-state index is -0.230. The van der Waals surface area contributed by atoms with Crippen molar-refractivity contribution in [3.63, 3.8) is 0 Å². The van der Waals surface area contributed by atoms with Crippen LogP contribution in [-0.2, 0) is 0 Å². The molecule has 1 atom stereocenters. The van der Waals surface area contributed by atoms with E-state index >= 15 is 0 Å². The summed E-state index contributed by atoms with van der Waals surface area (Å²) in [5.41, 5.74) is 4.32. The summed E-state index contributed by atoms with van der Waals surface area (Å²) in [5, 5.41) is 12.9. The number of rotatable bonds is 4. The summed E-state index contributed by atoms with van der Waals surface area (Å²) in [4.78, 5) is 0. The molecule has 0 radical (unpaired) electrons. The first-order chi connectivity index (χ1) is 11.0. The summed E-state index contributed by atoms with van der Waals surface area (Å²) in [5.74, 6) is -0.230. The van der Waals surface area contributed by atoms with Crippen LogP contribution in [0.25, 0.3) is 5.69 Å². The van der Waals surface area contributed by atoms with E-state index in [1.165, 1.54) is 17.7 Å². The van der Waals surface area contributed by atoms with Crippen LogP contribution in [0.2, 0.25) is 0 Å². The van der Waals surface area contributed by atoms with Crippen LogP contribution in [0, 0.1) is 19.7 Å². The van der Waals surface area contributed by atoms with Crippen molar-refractivity contribution in [1.82, 2.24) is 20.2 Å². The summed E-state index contributed by atoms with van der Waals surface area (Å²) >= 11 is 1.55. The van der Waals surface area contributed by atoms with E-state index in [4.69, 9.17) is 0 Å². The fourth-order valence-corrected chi connectivity index (χ4v) is 3.33. The van der Waals surface area contributed by atoms with Gasteiger partial charge in [-0.1, -0.05) is 41.6 Å². The van der Waals surface area contributed by atoms with E-state index in [-0.39, 0.29) is 11.1 Å². The lowest BCUT2D eigenvalue weighted by molar-refractivity contribution is 0.627. The highest BCUT2D eigenvalue weighted by atomic mass is 32.2. The lowest BCUT2D eigenvalue weighted by Gasteiger charge is -2.12. The summed E-state index contributed by atoms with van der Waals surface area (Å²) in [6.45, 7) is 6.16. The molecule has 2 aromatic carbocycles. The second kappa shape index (κ2) is 6.50. The van der Waals surface area contributed by atoms with Crippen LogP contribution in [-0.4, -0.2) is 20.2 Å². The Hall–Kier alpha value is -2.21. The van der Waals surface area contributed by atoms with Crippen molar-refractivity contribution in [2.24, 2.45) is 0 Å². The van der Waals surface area contributed by atoms with E-state index in [1.807, 2.05) is 19.1 Å². The van der Waals surface area contributed by atoms with Gasteiger partial charge < -0.3 is 0 Å². The number of thioether (sulfide) groups is 1. The minimum Gasteiger partial charge on any atom is -0.207 e. The molecule has 0 bridgehead atoms. The number of nitrogens with zero attached hydrogens (tertiary/aromatic N) is 4. The number of hydrogen-bond donors (Lipinski definition) is 0. The van der Waals surface area contributed by atoms with Gasteiger partial charge in [0, 0.05) is 5.25 Å². The molecule has 3 rings (SSSR count). The fourth-order valence-electron chi connectivity index (χ4n) is 2.41. The Bertz CT molecular complexity index is 814. The maximum atomic E-state index is 13.0. The first-order valence-corrected chi connectivity index (χ1v) is 8.20. The molecule has 0 saturated carbocycles. The molecular formula is C17H17FN4S. The molecule has 0 aliphatic heterocycles. The Morgan fingerprint density at radius 3 is 2.52 bits per heavy atom. The van der Waals surface area contributed by atoms with Gasteiger partial charge in [0.2, 0.25) is 5.16 Å². The van der Waals surface area contributed by atoms with Gasteiger partial charge in [-0.15, -0.1) is 5.10 Å². The van der Waals surface area contributed by atoms with Gasteiger partial charge in [-0.25, -0.2) is 4.39 Å². The van der Waals surface area contributed by atoms with Crippen LogP contribution in [0.3, 0.4) is 0 Å². The first kappa shape index (κ1) is 15.7. The third-order valence-electron chi connectivity index (χ3n) is 3.64. The maximum absolute atomic E-state index is 13.0. The molecule has 23 heavy (non-hydrogen) atoms. The molecule has 1 unspecified atom stereocenters. The van der Waals surface area contributed by atoms with Crippen molar-refractivity contribution in [2.45, 2.75) is 31.2 Å². The van der Waals surface area contributed by atoms with Crippen molar-refractivity contribution in [2.75, 3.05) is 0 Å². The molecule has 0 aliphatic rings. The second-order valence-corrected chi connectivity index (χ2v) is 6.78. The SMILES string of the molecule is Cc1ccc(-n2nnnc2SC(C)c2ccc(F)cc2)c(C)c1. The summed E-state index contributed by atoms with van der Waals surface area (Å²) < 4.78 is 14.8. The van der Waals surface area contributed by atoms with E-state index in [9.17, 15) is 4.39 Å². The van der Waals surface area contributed by atoms with E-state index in [0.29, 0.717) is 5.16 Å². The molecule has 0 fully saturated rings. The Labute approximate surface area is 138 Å². The highest BCUT2D eigenvalue weighted by molar-refractivity contribution is 7.99. The molecule has 0 N–H and O–H groups in total. The maximum Gasteiger partial charge on any atom is 0.214 e. The van der Waals surface area contributed by atoms with Gasteiger partial charge in [-0.3, -0.25) is 0 Å². The van der Waals surface area contributed by atoms with Crippen LogP contribution in [0.1, 0.15) is 28.9 Å². The summed E-state index contributed by atoms with van der Waals surface area (Å²) in [6, 6.07) is 12.7. The van der Waals surface area contributed by atoms with Crippen molar-refractivity contribution in [3.8, 4) is 5.69 Å². The van der Waals surface area contributed by atoms with Crippen molar-refractivity contribution >= 4 is 11.8 Å². The third-order valence-corrected chi connectivity index (χ3v) is 4.73. The van der Waals surface area contributed by atoms with E-state index in [2.05, 4.69) is 35.4 Å². The Balaban J connectivity index is 1.87. The molecule has 3 aromatic rings. The molecular weight excluding hydrogens is 311 g/mol. The van der Waals surface area contributed by atoms with Gasteiger partial charge in [-0.05, 0) is 60.5 Å². The van der Waals surface area contributed by atoms with E-state index in [0.717, 1.165) is 16.8 Å². The third kappa shape index (κ3) is 3.42. The van der Waals surface area contributed by atoms with Gasteiger partial charge >= 0.3 is 0 Å². The van der Waals surface area contributed by atoms with E-state index in [1.54, 1.807) is 28.6 Å². The zero-order chi connectivity index (χ0) is 16.4. The highest BCUT2D eigenvalue weighted by Gasteiger charge is 2.16. The van der Waals surface area contributed by atoms with Crippen molar-refractivity contribution in [1.29, 1.82) is 0 Å². The fraction of sp³-hybridized carbons (Fsp3) is 0.235. The zero-order valence-corrected chi connectivity index (χ0v) is 14.0. The van der Waals surface area contributed by atoms with Crippen LogP contribution < -0.4 is 0 Å². The average Bonchev–Trinajstić information content (AvgIpc) is 2.96. The summed E-state index contributed by atoms with van der Waals surface area (Å²) in [7, 11) is 0. The average molecular weight is 328 g/mol. The predicted octanol–water partition coefficient (Wildman–Crippen LogP) is 4.27. The van der Waals surface area contributed by atoms with Crippen LogP contribution in [0.5, 0.6) is 0 Å². The standard InChI is InChI=1S/C17H17FN4S/c1-11-4-9-16(12(2)10-11)22-17(19-20-21-22)23-13(3)14-5-7-15(18)8-6-14/h4-10,13H,1-3H3. The van der Waals surface area contributed by atoms with Crippen LogP contribution >= 0.6 is 11.8 Å². The van der Waals surface area contributed by atoms with Gasteiger partial charge in [0.05, 0.1) is 5.69 Å². The molecule has 6 heteroatoms. The molecule has 1 heterocycles. The summed E-state index contributed by atoms with van der Waals surface area (Å²) in [6.07, 6.45) is 0. The number of tetrazole rings is 1. The Kier molecular flexibility index (Phi) is 4.43. The number of aryl methyl sites for hydroxylation is 2. The molecule has 0 amide bonds. The Morgan fingerprint density at radius 1 is 1.09 bits per heavy atom. The normalized spacial score (nSPS) is 12.3. The number of halogens is 1. The molecule has 0 spiro atoms. The Morgan fingerprint density at radius 2 is 1.83 bits per heavy atom. The lowest BCUT2D eigenvalue weighted by atomic mass is 10.1. The monoisotopic (exact) mass is 328 g/mol. The zero-order valence-electron chi connectivity index (χ0n) is 13.2. The van der Waals surface area contributed by atoms with Crippen LogP contribution in [0.15, 0.2) is 47.6 Å². The van der Waals surface area contributed by atoms with Gasteiger partial charge in [0.1, 0.15) is 5.82 Å².